The molecule has 0 rings (SSSR count). The number of ether oxygens (including phenoxy) is 1. The van der Waals surface area contributed by atoms with Crippen molar-refractivity contribution in [1.82, 2.24) is 0 Å². The van der Waals surface area contributed by atoms with E-state index >= 15 is 0 Å². The van der Waals surface area contributed by atoms with Gasteiger partial charge in [-0.3, -0.25) is 0 Å². The van der Waals surface area contributed by atoms with Crippen LogP contribution >= 0.6 is 0 Å². The van der Waals surface area contributed by atoms with Crippen LogP contribution in [0.1, 0.15) is 33.6 Å². The number of hydrogen-bond acceptors (Lipinski definition) is 2. The van der Waals surface area contributed by atoms with Crippen LogP contribution in [0.4, 0.5) is 0 Å². The van der Waals surface area contributed by atoms with Crippen LogP contribution in [0, 0.1) is 5.92 Å². The second-order valence-electron chi connectivity index (χ2n) is 2.62. The van der Waals surface area contributed by atoms with Crippen LogP contribution in [0.5, 0.6) is 0 Å². The van der Waals surface area contributed by atoms with Gasteiger partial charge in [-0.05, 0) is 12.8 Å². The van der Waals surface area contributed by atoms with E-state index in [1.165, 1.54) is 12.8 Å². The van der Waals surface area contributed by atoms with E-state index in [-0.39, 0.29) is 0 Å². The molecule has 62 valence electrons. The summed E-state index contributed by atoms with van der Waals surface area (Å²) in [6.07, 6.45) is 2.68. The van der Waals surface area contributed by atoms with Crippen molar-refractivity contribution in [1.29, 1.82) is 0 Å². The lowest BCUT2D eigenvalue weighted by Crippen LogP contribution is -2.22. The van der Waals surface area contributed by atoms with E-state index in [4.69, 9.17) is 10.5 Å². The van der Waals surface area contributed by atoms with E-state index in [0.717, 1.165) is 0 Å². The Morgan fingerprint density at radius 3 is 2.10 bits per heavy atom. The Morgan fingerprint density at radius 2 is 1.80 bits per heavy atom. The fourth-order valence-electron chi connectivity index (χ4n) is 1.24. The van der Waals surface area contributed by atoms with E-state index in [1.54, 1.807) is 0 Å². The predicted octanol–water partition coefficient (Wildman–Crippen LogP) is 1.74. The van der Waals surface area contributed by atoms with Crippen LogP contribution in [0.25, 0.3) is 0 Å². The summed E-state index contributed by atoms with van der Waals surface area (Å²) in [5.41, 5.74) is 5.25. The summed E-state index contributed by atoms with van der Waals surface area (Å²) in [6, 6.07) is 0. The third-order valence-corrected chi connectivity index (χ3v) is 2.07. The van der Waals surface area contributed by atoms with Gasteiger partial charge < -0.3 is 10.5 Å². The lowest BCUT2D eigenvalue weighted by molar-refractivity contribution is 0.0262. The van der Waals surface area contributed by atoms with E-state index in [2.05, 4.69) is 20.8 Å². The first kappa shape index (κ1) is 9.92. The smallest absolute Gasteiger partial charge is 0.0944 e. The molecule has 0 radical (unpaired) electrons. The molecular formula is C8H19NO. The molecule has 0 aliphatic heterocycles. The van der Waals surface area contributed by atoms with Gasteiger partial charge in [0.25, 0.3) is 0 Å². The molecule has 10 heavy (non-hydrogen) atoms. The number of hydrogen-bond donors (Lipinski definition) is 1. The van der Waals surface area contributed by atoms with E-state index in [9.17, 15) is 0 Å². The molecule has 2 nitrogen and oxygen atoms in total. The summed E-state index contributed by atoms with van der Waals surface area (Å²) in [4.78, 5) is 0. The maximum atomic E-state index is 5.26. The predicted molar refractivity (Wildman–Crippen MR) is 43.7 cm³/mol. The minimum absolute atomic E-state index is 0.319. The molecule has 1 atom stereocenters. The quantitative estimate of drug-likeness (QED) is 0.598. The summed E-state index contributed by atoms with van der Waals surface area (Å²) >= 11 is 0. The van der Waals surface area contributed by atoms with E-state index < -0.39 is 0 Å². The molecule has 0 aromatic rings. The molecule has 0 amide bonds. The molecule has 0 aromatic heterocycles. The van der Waals surface area contributed by atoms with Crippen molar-refractivity contribution in [2.75, 3.05) is 6.73 Å². The summed E-state index contributed by atoms with van der Waals surface area (Å²) < 4.78 is 5.26. The molecule has 0 fully saturated rings. The largest absolute Gasteiger partial charge is 0.363 e. The molecule has 2 heteroatoms. The Balaban J connectivity index is 3.53. The molecular weight excluding hydrogens is 126 g/mol. The Kier molecular flexibility index (Phi) is 5.64. The molecule has 0 aromatic carbocycles. The van der Waals surface area contributed by atoms with Gasteiger partial charge in [0.15, 0.2) is 0 Å². The van der Waals surface area contributed by atoms with Crippen LogP contribution in [0.3, 0.4) is 0 Å². The zero-order chi connectivity index (χ0) is 7.98. The first-order chi connectivity index (χ1) is 4.76. The highest BCUT2D eigenvalue weighted by atomic mass is 16.5. The monoisotopic (exact) mass is 145 g/mol. The Hall–Kier alpha value is -0.0800. The second kappa shape index (κ2) is 5.69. The molecule has 0 spiro atoms. The minimum Gasteiger partial charge on any atom is -0.363 e. The number of nitrogens with two attached hydrogens (primary N) is 1. The maximum Gasteiger partial charge on any atom is 0.0944 e. The van der Waals surface area contributed by atoms with Crippen molar-refractivity contribution in [2.24, 2.45) is 11.7 Å². The average Bonchev–Trinajstić information content (AvgIpc) is 1.91. The molecule has 0 aliphatic rings. The van der Waals surface area contributed by atoms with Crippen LogP contribution in [0.2, 0.25) is 0 Å². The fourth-order valence-corrected chi connectivity index (χ4v) is 1.24. The topological polar surface area (TPSA) is 35.2 Å². The Morgan fingerprint density at radius 1 is 1.30 bits per heavy atom. The molecule has 0 heterocycles. The minimum atomic E-state index is 0.319. The van der Waals surface area contributed by atoms with Crippen LogP contribution in [0.15, 0.2) is 0 Å². The normalized spacial score (nSPS) is 14.1. The van der Waals surface area contributed by atoms with Crippen molar-refractivity contribution in [2.45, 2.75) is 39.7 Å². The third kappa shape index (κ3) is 3.18. The first-order valence-electron chi connectivity index (χ1n) is 4.07. The molecule has 1 unspecified atom stereocenters. The molecule has 0 bridgehead atoms. The highest BCUT2D eigenvalue weighted by Crippen LogP contribution is 2.14. The third-order valence-electron chi connectivity index (χ3n) is 2.07. The second-order valence-corrected chi connectivity index (χ2v) is 2.62. The van der Waals surface area contributed by atoms with Gasteiger partial charge in [-0.2, -0.15) is 0 Å². The van der Waals surface area contributed by atoms with Gasteiger partial charge >= 0.3 is 0 Å². The average molecular weight is 145 g/mol. The van der Waals surface area contributed by atoms with Gasteiger partial charge in [0.2, 0.25) is 0 Å². The van der Waals surface area contributed by atoms with Gasteiger partial charge in [-0.15, -0.1) is 0 Å². The van der Waals surface area contributed by atoms with Gasteiger partial charge in [0.1, 0.15) is 0 Å². The highest BCUT2D eigenvalue weighted by Gasteiger charge is 2.12. The van der Waals surface area contributed by atoms with E-state index in [0.29, 0.717) is 18.8 Å². The van der Waals surface area contributed by atoms with Crippen molar-refractivity contribution in [3.8, 4) is 0 Å². The molecule has 2 N–H and O–H groups in total. The van der Waals surface area contributed by atoms with Crippen molar-refractivity contribution in [3.63, 3.8) is 0 Å². The number of rotatable bonds is 5. The molecule has 0 saturated carbocycles. The zero-order valence-electron chi connectivity index (χ0n) is 7.26. The van der Waals surface area contributed by atoms with Crippen LogP contribution in [-0.2, 0) is 4.74 Å². The summed E-state index contributed by atoms with van der Waals surface area (Å²) in [7, 11) is 0. The van der Waals surface area contributed by atoms with Crippen LogP contribution < -0.4 is 5.73 Å². The Bertz CT molecular complexity index is 71.7. The summed E-state index contributed by atoms with van der Waals surface area (Å²) in [5.74, 6) is 0.670. The maximum absolute atomic E-state index is 5.26. The van der Waals surface area contributed by atoms with Crippen LogP contribution in [-0.4, -0.2) is 12.8 Å². The van der Waals surface area contributed by atoms with Gasteiger partial charge in [-0.1, -0.05) is 26.7 Å². The molecule has 0 saturated heterocycles. The SMILES string of the molecule is CCC(CC)C(C)OCN. The fraction of sp³-hybridized carbons (Fsp3) is 1.00. The van der Waals surface area contributed by atoms with Gasteiger partial charge in [-0.25, -0.2) is 0 Å². The molecule has 0 aliphatic carbocycles. The van der Waals surface area contributed by atoms with Crippen molar-refractivity contribution < 1.29 is 4.74 Å². The lowest BCUT2D eigenvalue weighted by Gasteiger charge is -2.20. The Labute approximate surface area is 63.7 Å². The standard InChI is InChI=1S/C8H19NO/c1-4-8(5-2)7(3)10-6-9/h7-8H,4-6,9H2,1-3H3. The summed E-state index contributed by atoms with van der Waals surface area (Å²) in [6.45, 7) is 6.80. The lowest BCUT2D eigenvalue weighted by atomic mass is 9.98. The summed E-state index contributed by atoms with van der Waals surface area (Å²) in [5, 5.41) is 0. The van der Waals surface area contributed by atoms with Crippen molar-refractivity contribution >= 4 is 0 Å². The van der Waals surface area contributed by atoms with Crippen molar-refractivity contribution in [3.05, 3.63) is 0 Å². The van der Waals surface area contributed by atoms with E-state index in [1.807, 2.05) is 0 Å². The first-order valence-corrected chi connectivity index (χ1v) is 4.07. The van der Waals surface area contributed by atoms with Gasteiger partial charge in [0, 0.05) is 0 Å². The zero-order valence-corrected chi connectivity index (χ0v) is 7.26. The highest BCUT2D eigenvalue weighted by molar-refractivity contribution is 4.61. The van der Waals surface area contributed by atoms with Gasteiger partial charge in [0.05, 0.1) is 12.8 Å².